The maximum absolute atomic E-state index is 14.5. The maximum Gasteiger partial charge on any atom is 0.417 e. The van der Waals surface area contributed by atoms with Gasteiger partial charge in [0.05, 0.1) is 16.5 Å². The molecule has 0 saturated heterocycles. The second-order valence-electron chi connectivity index (χ2n) is 5.70. The van der Waals surface area contributed by atoms with Gasteiger partial charge < -0.3 is 15.2 Å². The quantitative estimate of drug-likeness (QED) is 0.795. The van der Waals surface area contributed by atoms with E-state index >= 15 is 0 Å². The molecule has 138 valence electrons. The number of nitrogens with two attached hydrogens (primary N) is 1. The number of anilines is 1. The number of hydrogen-bond donors (Lipinski definition) is 2. The van der Waals surface area contributed by atoms with E-state index in [4.69, 9.17) is 26.8 Å². The second kappa shape index (κ2) is 7.51. The number of hydrogen-bond acceptors (Lipinski definition) is 6. The van der Waals surface area contributed by atoms with E-state index in [9.17, 15) is 9.18 Å². The van der Waals surface area contributed by atoms with E-state index in [0.717, 1.165) is 11.3 Å². The summed E-state index contributed by atoms with van der Waals surface area (Å²) >= 11 is 6.94. The molecular weight excluding hydrogens is 381 g/mol. The molecule has 3 rings (SSSR count). The summed E-state index contributed by atoms with van der Waals surface area (Å²) in [6, 6.07) is 7.54. The number of ether oxygens (including phenoxy) is 2. The predicted molar refractivity (Wildman–Crippen MR) is 99.5 cm³/mol. The van der Waals surface area contributed by atoms with Crippen LogP contribution in [0.4, 0.5) is 14.9 Å². The number of carbonyl (C=O) groups is 1. The number of nitrogens with one attached hydrogen (secondary N) is 1. The first kappa shape index (κ1) is 18.5. The number of aliphatic imine (C=N–C) groups is 1. The Morgan fingerprint density at radius 1 is 1.50 bits per heavy atom. The van der Waals surface area contributed by atoms with Gasteiger partial charge in [-0.2, -0.15) is 0 Å². The third-order valence-corrected chi connectivity index (χ3v) is 5.24. The Bertz CT molecular complexity index is 858. The molecule has 0 fully saturated rings. The molecule has 0 spiro atoms. The van der Waals surface area contributed by atoms with Crippen molar-refractivity contribution in [2.45, 2.75) is 25.3 Å². The minimum Gasteiger partial charge on any atom is -0.465 e. The molecule has 1 atom stereocenters. The van der Waals surface area contributed by atoms with Gasteiger partial charge in [0.2, 0.25) is 0 Å². The van der Waals surface area contributed by atoms with Crippen molar-refractivity contribution in [1.82, 2.24) is 0 Å². The lowest BCUT2D eigenvalue weighted by Crippen LogP contribution is -2.36. The maximum atomic E-state index is 14.5. The van der Waals surface area contributed by atoms with Gasteiger partial charge >= 0.3 is 6.09 Å². The Labute approximate surface area is 158 Å². The lowest BCUT2D eigenvalue weighted by molar-refractivity contribution is 0.201. The molecule has 0 saturated carbocycles. The van der Waals surface area contributed by atoms with Gasteiger partial charge in [0.1, 0.15) is 5.82 Å². The van der Waals surface area contributed by atoms with Crippen LogP contribution in [0.3, 0.4) is 0 Å². The van der Waals surface area contributed by atoms with Crippen LogP contribution in [-0.4, -0.2) is 18.7 Å². The van der Waals surface area contributed by atoms with Crippen molar-refractivity contribution in [3.8, 4) is 5.06 Å². The van der Waals surface area contributed by atoms with E-state index in [0.29, 0.717) is 40.1 Å². The number of carbonyl (C=O) groups excluding carboxylic acids is 1. The van der Waals surface area contributed by atoms with Gasteiger partial charge in [0.25, 0.3) is 6.02 Å². The van der Waals surface area contributed by atoms with Crippen LogP contribution < -0.4 is 15.8 Å². The van der Waals surface area contributed by atoms with Gasteiger partial charge in [-0.15, -0.1) is 0 Å². The minimum atomic E-state index is -0.824. The Morgan fingerprint density at radius 2 is 2.31 bits per heavy atom. The molecule has 1 aliphatic heterocycles. The molecule has 2 aromatic rings. The number of rotatable bonds is 4. The van der Waals surface area contributed by atoms with Gasteiger partial charge in [-0.3, -0.25) is 5.32 Å². The molecule has 0 radical (unpaired) electrons. The SMILES string of the molecule is CC[C@@]1(c2cc(NC(=O)Oc3ccc(Cl)s3)ccc2F)CCOC(N)=N1. The van der Waals surface area contributed by atoms with Crippen molar-refractivity contribution >= 4 is 40.7 Å². The lowest BCUT2D eigenvalue weighted by atomic mass is 9.84. The van der Waals surface area contributed by atoms with Crippen molar-refractivity contribution in [1.29, 1.82) is 0 Å². The minimum absolute atomic E-state index is 0.0323. The van der Waals surface area contributed by atoms with Crippen LogP contribution in [0.15, 0.2) is 35.3 Å². The number of amidine groups is 1. The summed E-state index contributed by atoms with van der Waals surface area (Å²) in [5.74, 6) is -0.422. The summed E-state index contributed by atoms with van der Waals surface area (Å²) in [5, 5.41) is 2.95. The summed E-state index contributed by atoms with van der Waals surface area (Å²) in [6.45, 7) is 2.25. The summed E-state index contributed by atoms with van der Waals surface area (Å²) in [7, 11) is 0. The van der Waals surface area contributed by atoms with Gasteiger partial charge in [-0.05, 0) is 36.8 Å². The number of thiophene rings is 1. The van der Waals surface area contributed by atoms with E-state index in [1.807, 2.05) is 6.92 Å². The third kappa shape index (κ3) is 3.91. The number of nitrogens with zero attached hydrogens (tertiary/aromatic N) is 1. The Hall–Kier alpha value is -2.32. The summed E-state index contributed by atoms with van der Waals surface area (Å²) in [6.07, 6.45) is 0.333. The summed E-state index contributed by atoms with van der Waals surface area (Å²) in [4.78, 5) is 16.4. The van der Waals surface area contributed by atoms with E-state index in [2.05, 4.69) is 10.3 Å². The zero-order chi connectivity index (χ0) is 18.7. The normalized spacial score (nSPS) is 19.4. The topological polar surface area (TPSA) is 85.9 Å². The number of amides is 1. The van der Waals surface area contributed by atoms with Crippen molar-refractivity contribution < 1.29 is 18.7 Å². The molecular formula is C17H17ClFN3O3S. The third-order valence-electron chi connectivity index (χ3n) is 4.13. The van der Waals surface area contributed by atoms with Crippen LogP contribution in [0, 0.1) is 5.82 Å². The average Bonchev–Trinajstić information content (AvgIpc) is 3.01. The van der Waals surface area contributed by atoms with Crippen LogP contribution in [0.5, 0.6) is 5.06 Å². The first-order valence-corrected chi connectivity index (χ1v) is 9.13. The second-order valence-corrected chi connectivity index (χ2v) is 7.38. The Kier molecular flexibility index (Phi) is 5.33. The van der Waals surface area contributed by atoms with Crippen molar-refractivity contribution in [2.24, 2.45) is 10.7 Å². The van der Waals surface area contributed by atoms with Crippen LogP contribution in [-0.2, 0) is 10.3 Å². The fraction of sp³-hybridized carbons (Fsp3) is 0.294. The van der Waals surface area contributed by atoms with Crippen molar-refractivity contribution in [3.05, 3.63) is 46.0 Å². The zero-order valence-corrected chi connectivity index (χ0v) is 15.5. The largest absolute Gasteiger partial charge is 0.465 e. The summed E-state index contributed by atoms with van der Waals surface area (Å²) < 4.78 is 25.3. The van der Waals surface area contributed by atoms with Gasteiger partial charge in [-0.1, -0.05) is 29.9 Å². The molecule has 9 heteroatoms. The van der Waals surface area contributed by atoms with E-state index in [1.54, 1.807) is 18.2 Å². The molecule has 2 heterocycles. The number of benzene rings is 1. The van der Waals surface area contributed by atoms with Gasteiger partial charge in [0, 0.05) is 17.7 Å². The van der Waals surface area contributed by atoms with Crippen LogP contribution in [0.25, 0.3) is 0 Å². The molecule has 6 nitrogen and oxygen atoms in total. The average molecular weight is 398 g/mol. The monoisotopic (exact) mass is 397 g/mol. The summed E-state index contributed by atoms with van der Waals surface area (Å²) in [5.41, 5.74) is 5.60. The van der Waals surface area contributed by atoms with Gasteiger partial charge in [0.15, 0.2) is 5.06 Å². The van der Waals surface area contributed by atoms with Crippen LogP contribution >= 0.6 is 22.9 Å². The fourth-order valence-electron chi connectivity index (χ4n) is 2.81. The highest BCUT2D eigenvalue weighted by Crippen LogP contribution is 2.38. The van der Waals surface area contributed by atoms with Crippen molar-refractivity contribution in [3.63, 3.8) is 0 Å². The molecule has 0 unspecified atom stereocenters. The highest BCUT2D eigenvalue weighted by atomic mass is 35.5. The molecule has 1 aromatic carbocycles. The van der Waals surface area contributed by atoms with Crippen molar-refractivity contribution in [2.75, 3.05) is 11.9 Å². The van der Waals surface area contributed by atoms with Crippen LogP contribution in [0.2, 0.25) is 4.34 Å². The Morgan fingerprint density at radius 3 is 2.96 bits per heavy atom. The first-order chi connectivity index (χ1) is 12.4. The molecule has 1 aromatic heterocycles. The smallest absolute Gasteiger partial charge is 0.417 e. The predicted octanol–water partition coefficient (Wildman–Crippen LogP) is 4.49. The highest BCUT2D eigenvalue weighted by Gasteiger charge is 2.36. The van der Waals surface area contributed by atoms with E-state index in [-0.39, 0.29) is 6.02 Å². The van der Waals surface area contributed by atoms with E-state index in [1.165, 1.54) is 12.1 Å². The van der Waals surface area contributed by atoms with Crippen LogP contribution in [0.1, 0.15) is 25.3 Å². The fourth-order valence-corrected chi connectivity index (χ4v) is 3.68. The molecule has 0 aliphatic carbocycles. The van der Waals surface area contributed by atoms with Gasteiger partial charge in [-0.25, -0.2) is 14.2 Å². The standard InChI is InChI=1S/C17H17ClFN3O3S/c1-2-17(7-8-24-15(20)22-17)11-9-10(3-4-12(11)19)21-16(23)25-14-6-5-13(18)26-14/h3-6,9H,2,7-8H2,1H3,(H2,20,22)(H,21,23)/t17-/m0/s1. The molecule has 1 amide bonds. The zero-order valence-electron chi connectivity index (χ0n) is 13.9. The highest BCUT2D eigenvalue weighted by molar-refractivity contribution is 7.17. The van der Waals surface area contributed by atoms with E-state index < -0.39 is 17.4 Å². The first-order valence-electron chi connectivity index (χ1n) is 7.94. The lowest BCUT2D eigenvalue weighted by Gasteiger charge is -2.33. The Balaban J connectivity index is 1.83. The molecule has 26 heavy (non-hydrogen) atoms. The molecule has 3 N–H and O–H groups in total. The molecule has 0 bridgehead atoms. The molecule has 1 aliphatic rings. The number of halogens is 2.